The van der Waals surface area contributed by atoms with Crippen LogP contribution in [0.25, 0.3) is 10.9 Å². The largest absolute Gasteiger partial charge is 0.398 e. The zero-order valence-electron chi connectivity index (χ0n) is 9.77. The first kappa shape index (κ1) is 10.7. The van der Waals surface area contributed by atoms with Gasteiger partial charge in [0.15, 0.2) is 0 Å². The molecule has 0 atom stereocenters. The summed E-state index contributed by atoms with van der Waals surface area (Å²) in [6, 6.07) is 7.93. The van der Waals surface area contributed by atoms with E-state index in [1.165, 1.54) is 0 Å². The van der Waals surface area contributed by atoms with Gasteiger partial charge in [-0.15, -0.1) is 0 Å². The number of pyridine rings is 1. The average molecular weight is 215 g/mol. The van der Waals surface area contributed by atoms with Gasteiger partial charge in [0.2, 0.25) is 0 Å². The maximum absolute atomic E-state index is 5.94. The van der Waals surface area contributed by atoms with Crippen LogP contribution < -0.4 is 10.6 Å². The molecule has 84 valence electrons. The van der Waals surface area contributed by atoms with E-state index in [4.69, 9.17) is 5.73 Å². The van der Waals surface area contributed by atoms with Gasteiger partial charge in [-0.25, -0.2) is 0 Å². The lowest BCUT2D eigenvalue weighted by atomic mass is 10.1. The summed E-state index contributed by atoms with van der Waals surface area (Å²) in [7, 11) is 2.09. The number of benzene rings is 1. The number of hydrogen-bond acceptors (Lipinski definition) is 3. The molecule has 0 saturated carbocycles. The van der Waals surface area contributed by atoms with Crippen molar-refractivity contribution < 1.29 is 0 Å². The van der Waals surface area contributed by atoms with E-state index >= 15 is 0 Å². The van der Waals surface area contributed by atoms with Gasteiger partial charge < -0.3 is 10.6 Å². The van der Waals surface area contributed by atoms with Crippen molar-refractivity contribution in [2.45, 2.75) is 13.3 Å². The van der Waals surface area contributed by atoms with Crippen molar-refractivity contribution in [3.8, 4) is 0 Å². The molecule has 0 aliphatic rings. The number of aromatic nitrogens is 1. The molecule has 2 rings (SSSR count). The molecule has 3 heteroatoms. The summed E-state index contributed by atoms with van der Waals surface area (Å²) >= 11 is 0. The summed E-state index contributed by atoms with van der Waals surface area (Å²) in [4.78, 5) is 6.64. The van der Waals surface area contributed by atoms with Crippen LogP contribution in [0.5, 0.6) is 0 Å². The van der Waals surface area contributed by atoms with Gasteiger partial charge in [0.05, 0.1) is 11.2 Å². The molecule has 2 N–H and O–H groups in total. The van der Waals surface area contributed by atoms with Crippen LogP contribution in [0.3, 0.4) is 0 Å². The number of hydrogen-bond donors (Lipinski definition) is 1. The van der Waals surface area contributed by atoms with Crippen LogP contribution >= 0.6 is 0 Å². The number of nitrogen functional groups attached to an aromatic ring is 1. The fourth-order valence-corrected chi connectivity index (χ4v) is 1.94. The van der Waals surface area contributed by atoms with Crippen LogP contribution in [0.4, 0.5) is 11.4 Å². The highest BCUT2D eigenvalue weighted by Crippen LogP contribution is 2.28. The van der Waals surface area contributed by atoms with Crippen LogP contribution in [-0.4, -0.2) is 18.6 Å². The molecule has 0 spiro atoms. The van der Waals surface area contributed by atoms with Gasteiger partial charge in [0, 0.05) is 30.9 Å². The molecule has 3 nitrogen and oxygen atoms in total. The Balaban J connectivity index is 2.58. The first-order chi connectivity index (χ1) is 7.74. The molecule has 0 aliphatic carbocycles. The molecule has 0 fully saturated rings. The molecule has 0 aliphatic heterocycles. The summed E-state index contributed by atoms with van der Waals surface area (Å²) in [5.74, 6) is 0. The molecule has 0 bridgehead atoms. The lowest BCUT2D eigenvalue weighted by molar-refractivity contribution is 0.854. The fraction of sp³-hybridized carbons (Fsp3) is 0.308. The number of rotatable bonds is 3. The number of nitrogens with zero attached hydrogens (tertiary/aromatic N) is 2. The monoisotopic (exact) mass is 215 g/mol. The first-order valence-corrected chi connectivity index (χ1v) is 5.58. The van der Waals surface area contributed by atoms with E-state index in [2.05, 4.69) is 23.9 Å². The molecule has 0 radical (unpaired) electrons. The second-order valence-electron chi connectivity index (χ2n) is 4.00. The van der Waals surface area contributed by atoms with Crippen LogP contribution in [0.15, 0.2) is 30.5 Å². The molecule has 2 aromatic rings. The van der Waals surface area contributed by atoms with Crippen LogP contribution in [-0.2, 0) is 0 Å². The van der Waals surface area contributed by atoms with Crippen molar-refractivity contribution in [3.05, 3.63) is 30.5 Å². The SMILES string of the molecule is CCCN(C)c1ccc(N)c2cccnc12. The summed E-state index contributed by atoms with van der Waals surface area (Å²) in [5.41, 5.74) is 8.86. The predicted molar refractivity (Wildman–Crippen MR) is 69.7 cm³/mol. The van der Waals surface area contributed by atoms with Gasteiger partial charge in [-0.05, 0) is 30.7 Å². The molecule has 0 saturated heterocycles. The van der Waals surface area contributed by atoms with E-state index in [1.807, 2.05) is 30.5 Å². The van der Waals surface area contributed by atoms with Gasteiger partial charge in [-0.2, -0.15) is 0 Å². The zero-order chi connectivity index (χ0) is 11.5. The highest BCUT2D eigenvalue weighted by molar-refractivity contribution is 5.98. The smallest absolute Gasteiger partial charge is 0.0955 e. The van der Waals surface area contributed by atoms with E-state index in [1.54, 1.807) is 0 Å². The standard InChI is InChI=1S/C13H17N3/c1-3-9-16(2)12-7-6-11(14)10-5-4-8-15-13(10)12/h4-8H,3,9,14H2,1-2H3. The summed E-state index contributed by atoms with van der Waals surface area (Å²) < 4.78 is 0. The molecule has 0 amide bonds. The predicted octanol–water partition coefficient (Wildman–Crippen LogP) is 2.66. The Morgan fingerprint density at radius 1 is 1.31 bits per heavy atom. The molecule has 1 aromatic carbocycles. The maximum atomic E-state index is 5.94. The Kier molecular flexibility index (Phi) is 2.95. The topological polar surface area (TPSA) is 42.1 Å². The Morgan fingerprint density at radius 2 is 2.12 bits per heavy atom. The number of nitrogens with two attached hydrogens (primary N) is 1. The molecule has 0 unspecified atom stereocenters. The number of fused-ring (bicyclic) bond motifs is 1. The Bertz CT molecular complexity index is 494. The van der Waals surface area contributed by atoms with Crippen LogP contribution in [0, 0.1) is 0 Å². The molecular formula is C13H17N3. The van der Waals surface area contributed by atoms with E-state index in [0.717, 1.165) is 35.2 Å². The van der Waals surface area contributed by atoms with Gasteiger partial charge in [0.1, 0.15) is 0 Å². The van der Waals surface area contributed by atoms with Crippen LogP contribution in [0.2, 0.25) is 0 Å². The quantitative estimate of drug-likeness (QED) is 0.800. The summed E-state index contributed by atoms with van der Waals surface area (Å²) in [6.45, 7) is 3.19. The second kappa shape index (κ2) is 4.39. The molecule has 1 aromatic heterocycles. The Labute approximate surface area is 95.9 Å². The third kappa shape index (κ3) is 1.81. The Morgan fingerprint density at radius 3 is 2.88 bits per heavy atom. The minimum absolute atomic E-state index is 0.789. The van der Waals surface area contributed by atoms with E-state index in [9.17, 15) is 0 Å². The highest BCUT2D eigenvalue weighted by Gasteiger charge is 2.07. The normalized spacial score (nSPS) is 10.6. The second-order valence-corrected chi connectivity index (χ2v) is 4.00. The van der Waals surface area contributed by atoms with Crippen molar-refractivity contribution in [1.82, 2.24) is 4.98 Å². The van der Waals surface area contributed by atoms with Gasteiger partial charge in [0.25, 0.3) is 0 Å². The minimum atomic E-state index is 0.789. The Hall–Kier alpha value is -1.77. The average Bonchev–Trinajstić information content (AvgIpc) is 2.30. The van der Waals surface area contributed by atoms with E-state index in [-0.39, 0.29) is 0 Å². The summed E-state index contributed by atoms with van der Waals surface area (Å²) in [5, 5.41) is 1.03. The molecule has 16 heavy (non-hydrogen) atoms. The molecular weight excluding hydrogens is 198 g/mol. The lowest BCUT2D eigenvalue weighted by Crippen LogP contribution is -2.18. The van der Waals surface area contributed by atoms with Crippen molar-refractivity contribution in [3.63, 3.8) is 0 Å². The highest BCUT2D eigenvalue weighted by atomic mass is 15.1. The minimum Gasteiger partial charge on any atom is -0.398 e. The van der Waals surface area contributed by atoms with Crippen molar-refractivity contribution in [2.75, 3.05) is 24.2 Å². The van der Waals surface area contributed by atoms with Crippen molar-refractivity contribution in [2.24, 2.45) is 0 Å². The van der Waals surface area contributed by atoms with Gasteiger partial charge in [-0.1, -0.05) is 6.92 Å². The maximum Gasteiger partial charge on any atom is 0.0955 e. The van der Waals surface area contributed by atoms with Crippen LogP contribution in [0.1, 0.15) is 13.3 Å². The summed E-state index contributed by atoms with van der Waals surface area (Å²) in [6.07, 6.45) is 2.93. The van der Waals surface area contributed by atoms with E-state index < -0.39 is 0 Å². The third-order valence-corrected chi connectivity index (χ3v) is 2.75. The van der Waals surface area contributed by atoms with E-state index in [0.29, 0.717) is 0 Å². The fourth-order valence-electron chi connectivity index (χ4n) is 1.94. The van der Waals surface area contributed by atoms with Gasteiger partial charge >= 0.3 is 0 Å². The molecule has 1 heterocycles. The third-order valence-electron chi connectivity index (χ3n) is 2.75. The zero-order valence-corrected chi connectivity index (χ0v) is 9.77. The lowest BCUT2D eigenvalue weighted by Gasteiger charge is -2.20. The first-order valence-electron chi connectivity index (χ1n) is 5.58. The van der Waals surface area contributed by atoms with Crippen molar-refractivity contribution >= 4 is 22.3 Å². The van der Waals surface area contributed by atoms with Gasteiger partial charge in [-0.3, -0.25) is 4.98 Å². The van der Waals surface area contributed by atoms with Crippen molar-refractivity contribution in [1.29, 1.82) is 0 Å². The number of anilines is 2.